The third-order valence-corrected chi connectivity index (χ3v) is 3.87. The van der Waals surface area contributed by atoms with Crippen LogP contribution in [0.1, 0.15) is 11.5 Å². The van der Waals surface area contributed by atoms with Gasteiger partial charge in [0.2, 0.25) is 0 Å². The molecule has 21 heavy (non-hydrogen) atoms. The highest BCUT2D eigenvalue weighted by Gasteiger charge is 2.23. The first-order valence-electron chi connectivity index (χ1n) is 7.47. The fourth-order valence-electron chi connectivity index (χ4n) is 3.10. The highest BCUT2D eigenvalue weighted by atomic mass is 15.2. The van der Waals surface area contributed by atoms with Crippen LogP contribution in [0, 0.1) is 5.92 Å². The van der Waals surface area contributed by atoms with E-state index < -0.39 is 0 Å². The highest BCUT2D eigenvalue weighted by molar-refractivity contribution is 5.04. The SMILES string of the molecule is CN(C)C[C@@H]1CN(Cc2ccccn2)Cc2nccn2C1. The van der Waals surface area contributed by atoms with Crippen LogP contribution in [0.4, 0.5) is 0 Å². The standard InChI is InChI=1S/C16H23N5/c1-19(2)9-14-10-20(12-15-5-3-4-6-17-15)13-16-18-7-8-21(16)11-14/h3-8,14H,9-13H2,1-2H3/t14-/m1/s1. The Morgan fingerprint density at radius 2 is 2.10 bits per heavy atom. The first kappa shape index (κ1) is 14.2. The molecule has 0 N–H and O–H groups in total. The molecule has 3 heterocycles. The summed E-state index contributed by atoms with van der Waals surface area (Å²) in [5.74, 6) is 1.77. The summed E-state index contributed by atoms with van der Waals surface area (Å²) in [5.41, 5.74) is 1.13. The van der Waals surface area contributed by atoms with Crippen molar-refractivity contribution in [2.24, 2.45) is 5.92 Å². The molecule has 0 radical (unpaired) electrons. The third kappa shape index (κ3) is 3.68. The second-order valence-electron chi connectivity index (χ2n) is 6.11. The van der Waals surface area contributed by atoms with Gasteiger partial charge >= 0.3 is 0 Å². The molecule has 0 unspecified atom stereocenters. The number of pyridine rings is 1. The Labute approximate surface area is 126 Å². The summed E-state index contributed by atoms with van der Waals surface area (Å²) >= 11 is 0. The van der Waals surface area contributed by atoms with E-state index in [1.165, 1.54) is 0 Å². The van der Waals surface area contributed by atoms with E-state index in [9.17, 15) is 0 Å². The zero-order chi connectivity index (χ0) is 14.7. The molecule has 0 bridgehead atoms. The minimum atomic E-state index is 0.610. The van der Waals surface area contributed by atoms with E-state index in [0.717, 1.165) is 44.2 Å². The molecule has 0 spiro atoms. The van der Waals surface area contributed by atoms with E-state index in [1.807, 2.05) is 18.5 Å². The van der Waals surface area contributed by atoms with E-state index in [0.29, 0.717) is 5.92 Å². The van der Waals surface area contributed by atoms with Gasteiger partial charge in [0.25, 0.3) is 0 Å². The van der Waals surface area contributed by atoms with Crippen LogP contribution in [0.15, 0.2) is 36.8 Å². The van der Waals surface area contributed by atoms with E-state index in [4.69, 9.17) is 0 Å². The summed E-state index contributed by atoms with van der Waals surface area (Å²) in [6.07, 6.45) is 5.87. The van der Waals surface area contributed by atoms with Crippen LogP contribution >= 0.6 is 0 Å². The summed E-state index contributed by atoms with van der Waals surface area (Å²) in [6, 6.07) is 6.12. The zero-order valence-electron chi connectivity index (χ0n) is 12.8. The van der Waals surface area contributed by atoms with Crippen LogP contribution in [0.2, 0.25) is 0 Å². The predicted octanol–water partition coefficient (Wildman–Crippen LogP) is 1.47. The molecule has 2 aromatic heterocycles. The van der Waals surface area contributed by atoms with Gasteiger partial charge in [0.1, 0.15) is 5.82 Å². The number of hydrogen-bond donors (Lipinski definition) is 0. The Bertz CT molecular complexity index is 563. The number of rotatable bonds is 4. The van der Waals surface area contributed by atoms with Crippen LogP contribution in [0.5, 0.6) is 0 Å². The van der Waals surface area contributed by atoms with Gasteiger partial charge in [0.15, 0.2) is 0 Å². The molecule has 0 aromatic carbocycles. The second kappa shape index (κ2) is 6.37. The maximum absolute atomic E-state index is 4.51. The Hall–Kier alpha value is -1.72. The lowest BCUT2D eigenvalue weighted by molar-refractivity contribution is 0.192. The first-order valence-corrected chi connectivity index (χ1v) is 7.47. The smallest absolute Gasteiger partial charge is 0.122 e. The lowest BCUT2D eigenvalue weighted by Gasteiger charge is -2.25. The molecule has 0 aliphatic carbocycles. The second-order valence-corrected chi connectivity index (χ2v) is 6.11. The summed E-state index contributed by atoms with van der Waals surface area (Å²) in [4.78, 5) is 13.7. The van der Waals surface area contributed by atoms with Crippen LogP contribution in [-0.2, 0) is 19.6 Å². The van der Waals surface area contributed by atoms with Crippen molar-refractivity contribution < 1.29 is 0 Å². The minimum absolute atomic E-state index is 0.610. The van der Waals surface area contributed by atoms with Gasteiger partial charge in [-0.25, -0.2) is 4.98 Å². The minimum Gasteiger partial charge on any atom is -0.333 e. The molecular formula is C16H23N5. The maximum Gasteiger partial charge on any atom is 0.122 e. The normalized spacial score (nSPS) is 19.5. The Balaban J connectivity index is 1.76. The third-order valence-electron chi connectivity index (χ3n) is 3.87. The Morgan fingerprint density at radius 3 is 2.86 bits per heavy atom. The van der Waals surface area contributed by atoms with Crippen molar-refractivity contribution in [3.05, 3.63) is 48.3 Å². The Kier molecular flexibility index (Phi) is 4.31. The molecule has 5 nitrogen and oxygen atoms in total. The van der Waals surface area contributed by atoms with Gasteiger partial charge in [-0.05, 0) is 26.2 Å². The van der Waals surface area contributed by atoms with Gasteiger partial charge in [-0.15, -0.1) is 0 Å². The largest absolute Gasteiger partial charge is 0.333 e. The molecule has 0 fully saturated rings. The van der Waals surface area contributed by atoms with Crippen LogP contribution in [-0.4, -0.2) is 51.5 Å². The van der Waals surface area contributed by atoms with Crippen molar-refractivity contribution >= 4 is 0 Å². The topological polar surface area (TPSA) is 37.2 Å². The monoisotopic (exact) mass is 285 g/mol. The van der Waals surface area contributed by atoms with Crippen molar-refractivity contribution in [3.8, 4) is 0 Å². The van der Waals surface area contributed by atoms with Crippen molar-refractivity contribution in [3.63, 3.8) is 0 Å². The lowest BCUT2D eigenvalue weighted by Crippen LogP contribution is -2.33. The van der Waals surface area contributed by atoms with Gasteiger partial charge < -0.3 is 9.47 Å². The van der Waals surface area contributed by atoms with Crippen molar-refractivity contribution in [1.82, 2.24) is 24.3 Å². The molecule has 1 atom stereocenters. The van der Waals surface area contributed by atoms with Gasteiger partial charge in [-0.3, -0.25) is 9.88 Å². The number of fused-ring (bicyclic) bond motifs is 1. The van der Waals surface area contributed by atoms with E-state index in [-0.39, 0.29) is 0 Å². The highest BCUT2D eigenvalue weighted by Crippen LogP contribution is 2.17. The number of imidazole rings is 1. The number of aromatic nitrogens is 3. The summed E-state index contributed by atoms with van der Waals surface area (Å²) in [6.45, 7) is 5.01. The van der Waals surface area contributed by atoms with Crippen molar-refractivity contribution in [2.45, 2.75) is 19.6 Å². The Morgan fingerprint density at radius 1 is 1.19 bits per heavy atom. The molecular weight excluding hydrogens is 262 g/mol. The molecule has 2 aromatic rings. The van der Waals surface area contributed by atoms with Crippen molar-refractivity contribution in [2.75, 3.05) is 27.2 Å². The average Bonchev–Trinajstić information content (AvgIpc) is 2.80. The van der Waals surface area contributed by atoms with E-state index in [2.05, 4.69) is 56.8 Å². The number of hydrogen-bond acceptors (Lipinski definition) is 4. The first-order chi connectivity index (χ1) is 10.2. The molecule has 3 rings (SSSR count). The number of nitrogens with zero attached hydrogens (tertiary/aromatic N) is 5. The fourth-order valence-corrected chi connectivity index (χ4v) is 3.10. The maximum atomic E-state index is 4.51. The lowest BCUT2D eigenvalue weighted by atomic mass is 10.1. The zero-order valence-corrected chi connectivity index (χ0v) is 12.8. The molecule has 0 saturated heterocycles. The molecule has 0 saturated carbocycles. The van der Waals surface area contributed by atoms with E-state index in [1.54, 1.807) is 0 Å². The fraction of sp³-hybridized carbons (Fsp3) is 0.500. The molecule has 5 heteroatoms. The quantitative estimate of drug-likeness (QED) is 0.852. The van der Waals surface area contributed by atoms with Crippen molar-refractivity contribution in [1.29, 1.82) is 0 Å². The molecule has 1 aliphatic heterocycles. The van der Waals surface area contributed by atoms with Gasteiger partial charge in [0, 0.05) is 50.7 Å². The summed E-state index contributed by atoms with van der Waals surface area (Å²) in [7, 11) is 4.28. The van der Waals surface area contributed by atoms with Crippen LogP contribution < -0.4 is 0 Å². The van der Waals surface area contributed by atoms with Crippen LogP contribution in [0.3, 0.4) is 0 Å². The predicted molar refractivity (Wildman–Crippen MR) is 82.6 cm³/mol. The van der Waals surface area contributed by atoms with Gasteiger partial charge in [-0.2, -0.15) is 0 Å². The van der Waals surface area contributed by atoms with Gasteiger partial charge in [-0.1, -0.05) is 6.07 Å². The average molecular weight is 285 g/mol. The molecule has 1 aliphatic rings. The van der Waals surface area contributed by atoms with E-state index >= 15 is 0 Å². The molecule has 0 amide bonds. The van der Waals surface area contributed by atoms with Crippen LogP contribution in [0.25, 0.3) is 0 Å². The van der Waals surface area contributed by atoms with Gasteiger partial charge in [0.05, 0.1) is 12.2 Å². The summed E-state index contributed by atoms with van der Waals surface area (Å²) in [5, 5.41) is 0. The molecule has 112 valence electrons. The summed E-state index contributed by atoms with van der Waals surface area (Å²) < 4.78 is 2.30.